The van der Waals surface area contributed by atoms with Gasteiger partial charge in [-0.15, -0.1) is 0 Å². The van der Waals surface area contributed by atoms with Gasteiger partial charge < -0.3 is 9.47 Å². The Kier molecular flexibility index (Phi) is 5.47. The minimum absolute atomic E-state index is 0.303. The molecule has 0 amide bonds. The largest absolute Gasteiger partial charge is 0.497 e. The van der Waals surface area contributed by atoms with Crippen LogP contribution in [0, 0.1) is 0 Å². The number of carbonyl (C=O) groups excluding carboxylic acids is 1. The zero-order chi connectivity index (χ0) is 16.1. The fraction of sp³-hybridized carbons (Fsp3) is 0.118. The first-order chi connectivity index (χ1) is 10.6. The lowest BCUT2D eigenvalue weighted by Gasteiger charge is -2.12. The van der Waals surface area contributed by atoms with E-state index in [9.17, 15) is 4.79 Å². The maximum absolute atomic E-state index is 11.5. The molecule has 0 saturated carbocycles. The van der Waals surface area contributed by atoms with Gasteiger partial charge in [0.15, 0.2) is 6.29 Å². The van der Waals surface area contributed by atoms with E-state index in [1.807, 2.05) is 0 Å². The molecule has 2 aromatic carbocycles. The normalized spacial score (nSPS) is 11.6. The van der Waals surface area contributed by atoms with Crippen LogP contribution in [0.2, 0.25) is 5.02 Å². The summed E-state index contributed by atoms with van der Waals surface area (Å²) in [5.74, 6) is 1.17. The molecule has 114 valence electrons. The van der Waals surface area contributed by atoms with E-state index in [0.29, 0.717) is 38.3 Å². The van der Waals surface area contributed by atoms with Gasteiger partial charge in [0.2, 0.25) is 0 Å². The number of rotatable bonds is 5. The molecule has 5 heteroatoms. The van der Waals surface area contributed by atoms with Gasteiger partial charge in [-0.25, -0.2) is 0 Å². The summed E-state index contributed by atoms with van der Waals surface area (Å²) in [5.41, 5.74) is 1.66. The van der Waals surface area contributed by atoms with E-state index in [4.69, 9.17) is 32.7 Å². The maximum atomic E-state index is 11.5. The van der Waals surface area contributed by atoms with E-state index in [1.165, 1.54) is 7.11 Å². The molecule has 2 rings (SSSR count). The Morgan fingerprint density at radius 1 is 1.05 bits per heavy atom. The van der Waals surface area contributed by atoms with Crippen molar-refractivity contribution in [2.24, 2.45) is 0 Å². The third-order valence-corrected chi connectivity index (χ3v) is 3.81. The SMILES string of the molecule is COc1ccc(C(Cl)=C(C=O)c2ccc(Cl)cc2)c(OC)c1. The molecular weight excluding hydrogens is 323 g/mol. The zero-order valence-electron chi connectivity index (χ0n) is 12.1. The molecular formula is C17H14Cl2O3. The molecule has 0 bridgehead atoms. The van der Waals surface area contributed by atoms with Crippen LogP contribution >= 0.6 is 23.2 Å². The molecule has 2 aromatic rings. The predicted molar refractivity (Wildman–Crippen MR) is 89.7 cm³/mol. The summed E-state index contributed by atoms with van der Waals surface area (Å²) in [6, 6.07) is 12.1. The highest BCUT2D eigenvalue weighted by Gasteiger charge is 2.14. The topological polar surface area (TPSA) is 35.5 Å². The van der Waals surface area contributed by atoms with Crippen molar-refractivity contribution in [3.63, 3.8) is 0 Å². The highest BCUT2D eigenvalue weighted by Crippen LogP contribution is 2.36. The summed E-state index contributed by atoms with van der Waals surface area (Å²) in [6.45, 7) is 0. The summed E-state index contributed by atoms with van der Waals surface area (Å²) in [6.07, 6.45) is 0.718. The van der Waals surface area contributed by atoms with Crippen molar-refractivity contribution in [1.29, 1.82) is 0 Å². The smallest absolute Gasteiger partial charge is 0.152 e. The van der Waals surface area contributed by atoms with E-state index < -0.39 is 0 Å². The molecule has 3 nitrogen and oxygen atoms in total. The number of hydrogen-bond acceptors (Lipinski definition) is 3. The fourth-order valence-electron chi connectivity index (χ4n) is 2.00. The van der Waals surface area contributed by atoms with Crippen molar-refractivity contribution in [3.05, 3.63) is 58.6 Å². The van der Waals surface area contributed by atoms with Gasteiger partial charge in [0.05, 0.1) is 19.3 Å². The molecule has 0 spiro atoms. The number of allylic oxidation sites excluding steroid dienone is 1. The van der Waals surface area contributed by atoms with Gasteiger partial charge in [-0.05, 0) is 29.8 Å². The summed E-state index contributed by atoms with van der Waals surface area (Å²) in [7, 11) is 3.10. The minimum Gasteiger partial charge on any atom is -0.497 e. The van der Waals surface area contributed by atoms with E-state index in [1.54, 1.807) is 49.6 Å². The summed E-state index contributed by atoms with van der Waals surface area (Å²) in [5, 5.41) is 0.893. The van der Waals surface area contributed by atoms with Gasteiger partial charge in [0.25, 0.3) is 0 Å². The van der Waals surface area contributed by atoms with Crippen LogP contribution in [0.25, 0.3) is 10.6 Å². The summed E-state index contributed by atoms with van der Waals surface area (Å²) < 4.78 is 10.5. The molecule has 0 aliphatic carbocycles. The first-order valence-corrected chi connectivity index (χ1v) is 7.19. The van der Waals surface area contributed by atoms with Crippen LogP contribution in [0.3, 0.4) is 0 Å². The Balaban J connectivity index is 2.57. The Morgan fingerprint density at radius 3 is 2.27 bits per heavy atom. The Labute approximate surface area is 139 Å². The fourth-order valence-corrected chi connectivity index (χ4v) is 2.44. The molecule has 0 fully saturated rings. The van der Waals surface area contributed by atoms with Crippen LogP contribution in [0.1, 0.15) is 11.1 Å². The predicted octanol–water partition coefficient (Wildman–Crippen LogP) is 4.66. The number of halogens is 2. The summed E-state index contributed by atoms with van der Waals surface area (Å²) in [4.78, 5) is 11.5. The Hall–Kier alpha value is -1.97. The number of carbonyl (C=O) groups is 1. The van der Waals surface area contributed by atoms with Crippen LogP contribution in [-0.4, -0.2) is 20.5 Å². The first-order valence-electron chi connectivity index (χ1n) is 6.44. The van der Waals surface area contributed by atoms with E-state index in [0.717, 1.165) is 6.29 Å². The lowest BCUT2D eigenvalue weighted by atomic mass is 10.0. The number of benzene rings is 2. The van der Waals surface area contributed by atoms with Gasteiger partial charge in [0.1, 0.15) is 11.5 Å². The van der Waals surface area contributed by atoms with E-state index in [-0.39, 0.29) is 0 Å². The van der Waals surface area contributed by atoms with Crippen molar-refractivity contribution >= 4 is 40.1 Å². The van der Waals surface area contributed by atoms with Crippen LogP contribution in [-0.2, 0) is 4.79 Å². The number of methoxy groups -OCH3 is 2. The van der Waals surface area contributed by atoms with Gasteiger partial charge in [-0.2, -0.15) is 0 Å². The lowest BCUT2D eigenvalue weighted by molar-refractivity contribution is -0.103. The molecule has 0 heterocycles. The molecule has 0 aliphatic rings. The molecule has 0 saturated heterocycles. The van der Waals surface area contributed by atoms with Crippen molar-refractivity contribution in [3.8, 4) is 11.5 Å². The molecule has 0 atom stereocenters. The van der Waals surface area contributed by atoms with Crippen LogP contribution < -0.4 is 9.47 Å². The van der Waals surface area contributed by atoms with Gasteiger partial charge in [-0.3, -0.25) is 4.79 Å². The minimum atomic E-state index is 0.303. The van der Waals surface area contributed by atoms with E-state index in [2.05, 4.69) is 0 Å². The number of aldehydes is 1. The second-order valence-electron chi connectivity index (χ2n) is 4.42. The average molecular weight is 337 g/mol. The molecule has 0 aliphatic heterocycles. The molecule has 0 radical (unpaired) electrons. The van der Waals surface area contributed by atoms with E-state index >= 15 is 0 Å². The van der Waals surface area contributed by atoms with Crippen LogP contribution in [0.15, 0.2) is 42.5 Å². The number of hydrogen-bond donors (Lipinski definition) is 0. The quantitative estimate of drug-likeness (QED) is 0.452. The lowest BCUT2D eigenvalue weighted by Crippen LogP contribution is -1.94. The Bertz CT molecular complexity index is 706. The third-order valence-electron chi connectivity index (χ3n) is 3.15. The highest BCUT2D eigenvalue weighted by atomic mass is 35.5. The molecule has 0 N–H and O–H groups in total. The molecule has 0 unspecified atom stereocenters. The average Bonchev–Trinajstić information content (AvgIpc) is 2.56. The second-order valence-corrected chi connectivity index (χ2v) is 5.23. The second kappa shape index (κ2) is 7.34. The van der Waals surface area contributed by atoms with Gasteiger partial charge in [0, 0.05) is 22.2 Å². The van der Waals surface area contributed by atoms with Crippen molar-refractivity contribution in [2.45, 2.75) is 0 Å². The maximum Gasteiger partial charge on any atom is 0.152 e. The molecule has 0 aromatic heterocycles. The first kappa shape index (κ1) is 16.4. The highest BCUT2D eigenvalue weighted by molar-refractivity contribution is 6.56. The Morgan fingerprint density at radius 2 is 1.73 bits per heavy atom. The molecule has 22 heavy (non-hydrogen) atoms. The monoisotopic (exact) mass is 336 g/mol. The van der Waals surface area contributed by atoms with Crippen LogP contribution in [0.5, 0.6) is 11.5 Å². The van der Waals surface area contributed by atoms with Crippen molar-refractivity contribution in [1.82, 2.24) is 0 Å². The van der Waals surface area contributed by atoms with Crippen LogP contribution in [0.4, 0.5) is 0 Å². The third kappa shape index (κ3) is 3.43. The zero-order valence-corrected chi connectivity index (χ0v) is 13.6. The summed E-state index contributed by atoms with van der Waals surface area (Å²) >= 11 is 12.3. The standard InChI is InChI=1S/C17H14Cl2O3/c1-21-13-7-8-14(16(9-13)22-2)17(19)15(10-20)11-3-5-12(18)6-4-11/h3-10H,1-2H3. The van der Waals surface area contributed by atoms with Crippen molar-refractivity contribution < 1.29 is 14.3 Å². The van der Waals surface area contributed by atoms with Crippen molar-refractivity contribution in [2.75, 3.05) is 14.2 Å². The number of ether oxygens (including phenoxy) is 2. The van der Waals surface area contributed by atoms with Gasteiger partial charge >= 0.3 is 0 Å². The van der Waals surface area contributed by atoms with Gasteiger partial charge in [-0.1, -0.05) is 35.3 Å².